The van der Waals surface area contributed by atoms with E-state index in [9.17, 15) is 0 Å². The van der Waals surface area contributed by atoms with Gasteiger partial charge >= 0.3 is 0 Å². The molecule has 0 aliphatic carbocycles. The summed E-state index contributed by atoms with van der Waals surface area (Å²) in [4.78, 5) is 4.26. The lowest BCUT2D eigenvalue weighted by molar-refractivity contribution is 0.549. The first-order valence-corrected chi connectivity index (χ1v) is 5.60. The minimum Gasteiger partial charge on any atom is -0.314 e. The summed E-state index contributed by atoms with van der Waals surface area (Å²) < 4.78 is 1.95. The molecular formula is C11H17N5. The predicted molar refractivity (Wildman–Crippen MR) is 62.4 cm³/mol. The van der Waals surface area contributed by atoms with E-state index in [0.717, 1.165) is 30.1 Å². The molecule has 86 valence electrons. The first kappa shape index (κ1) is 11.0. The predicted octanol–water partition coefficient (Wildman–Crippen LogP) is 0.973. The number of nitrogens with one attached hydrogen (secondary N) is 1. The maximum atomic E-state index is 4.26. The molecule has 0 aliphatic rings. The van der Waals surface area contributed by atoms with Crippen LogP contribution < -0.4 is 5.32 Å². The fourth-order valence-corrected chi connectivity index (χ4v) is 1.77. The van der Waals surface area contributed by atoms with Crippen LogP contribution in [0.3, 0.4) is 0 Å². The zero-order chi connectivity index (χ0) is 11.5. The van der Waals surface area contributed by atoms with E-state index in [1.807, 2.05) is 17.4 Å². The molecule has 0 saturated carbocycles. The normalized spacial score (nSPS) is 13.2. The van der Waals surface area contributed by atoms with Crippen LogP contribution in [0, 0.1) is 6.92 Å². The largest absolute Gasteiger partial charge is 0.314 e. The fraction of sp³-hybridized carbons (Fsp3) is 0.545. The minimum absolute atomic E-state index is 0.402. The van der Waals surface area contributed by atoms with Crippen molar-refractivity contribution in [3.05, 3.63) is 23.9 Å². The van der Waals surface area contributed by atoms with Crippen LogP contribution in [0.5, 0.6) is 0 Å². The molecule has 0 aromatic carbocycles. The molecule has 2 rings (SSSR count). The van der Waals surface area contributed by atoms with Crippen LogP contribution in [0.2, 0.25) is 0 Å². The lowest BCUT2D eigenvalue weighted by Crippen LogP contribution is -2.28. The van der Waals surface area contributed by atoms with Crippen molar-refractivity contribution in [2.45, 2.75) is 33.2 Å². The van der Waals surface area contributed by atoms with Gasteiger partial charge in [-0.15, -0.1) is 10.2 Å². The Morgan fingerprint density at radius 2 is 2.25 bits per heavy atom. The summed E-state index contributed by atoms with van der Waals surface area (Å²) in [5.41, 5.74) is 1.83. The van der Waals surface area contributed by atoms with Crippen molar-refractivity contribution in [1.29, 1.82) is 0 Å². The van der Waals surface area contributed by atoms with Gasteiger partial charge in [0.25, 0.3) is 0 Å². The van der Waals surface area contributed by atoms with Crippen LogP contribution >= 0.6 is 0 Å². The first-order valence-electron chi connectivity index (χ1n) is 5.60. The number of hydrogen-bond donors (Lipinski definition) is 1. The Kier molecular flexibility index (Phi) is 3.14. The molecule has 0 spiro atoms. The number of aromatic nitrogens is 4. The third kappa shape index (κ3) is 2.19. The maximum absolute atomic E-state index is 4.26. The Balaban J connectivity index is 2.25. The van der Waals surface area contributed by atoms with Gasteiger partial charge in [0.15, 0.2) is 5.65 Å². The van der Waals surface area contributed by atoms with Gasteiger partial charge in [-0.1, -0.05) is 6.92 Å². The van der Waals surface area contributed by atoms with E-state index in [1.54, 1.807) is 6.33 Å². The quantitative estimate of drug-likeness (QED) is 0.832. The summed E-state index contributed by atoms with van der Waals surface area (Å²) in [7, 11) is 0. The van der Waals surface area contributed by atoms with E-state index in [4.69, 9.17) is 0 Å². The summed E-state index contributed by atoms with van der Waals surface area (Å²) in [6.45, 7) is 7.17. The zero-order valence-electron chi connectivity index (χ0n) is 9.94. The molecule has 1 atom stereocenters. The number of likely N-dealkylation sites (N-methyl/N-ethyl adjacent to an activating group) is 1. The highest BCUT2D eigenvalue weighted by Gasteiger charge is 2.09. The molecule has 2 aromatic rings. The van der Waals surface area contributed by atoms with Crippen LogP contribution in [-0.4, -0.2) is 32.2 Å². The Morgan fingerprint density at radius 3 is 3.00 bits per heavy atom. The number of hydrogen-bond acceptors (Lipinski definition) is 4. The Bertz CT molecular complexity index is 476. The molecular weight excluding hydrogens is 202 g/mol. The molecule has 0 bridgehead atoms. The topological polar surface area (TPSA) is 55.1 Å². The molecule has 16 heavy (non-hydrogen) atoms. The Morgan fingerprint density at radius 1 is 1.44 bits per heavy atom. The highest BCUT2D eigenvalue weighted by Crippen LogP contribution is 2.06. The fourth-order valence-electron chi connectivity index (χ4n) is 1.77. The van der Waals surface area contributed by atoms with E-state index in [2.05, 4.69) is 34.3 Å². The molecule has 0 amide bonds. The highest BCUT2D eigenvalue weighted by atomic mass is 15.3. The summed E-state index contributed by atoms with van der Waals surface area (Å²) in [6, 6.07) is 2.34. The van der Waals surface area contributed by atoms with Gasteiger partial charge in [0.2, 0.25) is 0 Å². The molecule has 2 aromatic heterocycles. The summed E-state index contributed by atoms with van der Waals surface area (Å²) in [5, 5.41) is 11.7. The monoisotopic (exact) mass is 219 g/mol. The van der Waals surface area contributed by atoms with Gasteiger partial charge in [0, 0.05) is 24.2 Å². The maximum Gasteiger partial charge on any atom is 0.163 e. The smallest absolute Gasteiger partial charge is 0.163 e. The van der Waals surface area contributed by atoms with Crippen molar-refractivity contribution in [1.82, 2.24) is 24.9 Å². The number of rotatable bonds is 4. The van der Waals surface area contributed by atoms with Crippen molar-refractivity contribution in [2.75, 3.05) is 6.54 Å². The Labute approximate surface area is 94.9 Å². The zero-order valence-corrected chi connectivity index (χ0v) is 9.94. The van der Waals surface area contributed by atoms with Crippen molar-refractivity contribution in [2.24, 2.45) is 0 Å². The van der Waals surface area contributed by atoms with Crippen molar-refractivity contribution >= 4 is 5.65 Å². The lowest BCUT2D eigenvalue weighted by Gasteiger charge is -2.10. The van der Waals surface area contributed by atoms with E-state index in [-0.39, 0.29) is 0 Å². The molecule has 2 heterocycles. The van der Waals surface area contributed by atoms with Crippen molar-refractivity contribution < 1.29 is 0 Å². The molecule has 1 unspecified atom stereocenters. The first-order chi connectivity index (χ1) is 7.70. The average molecular weight is 219 g/mol. The summed E-state index contributed by atoms with van der Waals surface area (Å²) in [5.74, 6) is 0.955. The number of fused-ring (bicyclic) bond motifs is 1. The molecule has 0 radical (unpaired) electrons. The van der Waals surface area contributed by atoms with Crippen LogP contribution in [-0.2, 0) is 6.42 Å². The molecule has 1 N–H and O–H groups in total. The number of aryl methyl sites for hydroxylation is 1. The highest BCUT2D eigenvalue weighted by molar-refractivity contribution is 5.38. The molecule has 0 aliphatic heterocycles. The van der Waals surface area contributed by atoms with Crippen LogP contribution in [0.25, 0.3) is 5.65 Å². The third-order valence-corrected chi connectivity index (χ3v) is 2.55. The second-order valence-corrected chi connectivity index (χ2v) is 4.04. The van der Waals surface area contributed by atoms with Gasteiger partial charge in [-0.2, -0.15) is 0 Å². The standard InChI is InChI=1S/C11H17N5/c1-4-12-8(2)5-10-14-15-11-6-9(3)13-7-16(10)11/h6-8,12H,4-5H2,1-3H3. The van der Waals surface area contributed by atoms with Gasteiger partial charge in [-0.3, -0.25) is 4.40 Å². The van der Waals surface area contributed by atoms with Crippen LogP contribution in [0.15, 0.2) is 12.4 Å². The number of nitrogens with zero attached hydrogens (tertiary/aromatic N) is 4. The van der Waals surface area contributed by atoms with Crippen LogP contribution in [0.4, 0.5) is 0 Å². The van der Waals surface area contributed by atoms with Gasteiger partial charge < -0.3 is 5.32 Å². The van der Waals surface area contributed by atoms with Gasteiger partial charge in [0.05, 0.1) is 0 Å². The van der Waals surface area contributed by atoms with E-state index >= 15 is 0 Å². The van der Waals surface area contributed by atoms with E-state index < -0.39 is 0 Å². The second kappa shape index (κ2) is 4.57. The molecule has 5 heteroatoms. The lowest BCUT2D eigenvalue weighted by atomic mass is 10.2. The molecule has 5 nitrogen and oxygen atoms in total. The van der Waals surface area contributed by atoms with Gasteiger partial charge in [0.1, 0.15) is 12.2 Å². The molecule has 0 saturated heterocycles. The third-order valence-electron chi connectivity index (χ3n) is 2.55. The second-order valence-electron chi connectivity index (χ2n) is 4.04. The minimum atomic E-state index is 0.402. The Hall–Kier alpha value is -1.49. The van der Waals surface area contributed by atoms with Crippen molar-refractivity contribution in [3.63, 3.8) is 0 Å². The van der Waals surface area contributed by atoms with Gasteiger partial charge in [-0.05, 0) is 20.4 Å². The summed E-state index contributed by atoms with van der Waals surface area (Å²) >= 11 is 0. The van der Waals surface area contributed by atoms with E-state index in [0.29, 0.717) is 6.04 Å². The average Bonchev–Trinajstić information content (AvgIpc) is 2.61. The van der Waals surface area contributed by atoms with Crippen molar-refractivity contribution in [3.8, 4) is 0 Å². The van der Waals surface area contributed by atoms with Crippen LogP contribution in [0.1, 0.15) is 25.4 Å². The van der Waals surface area contributed by atoms with E-state index in [1.165, 1.54) is 0 Å². The SMILES string of the molecule is CCNC(C)Cc1nnc2cc(C)ncn12. The summed E-state index contributed by atoms with van der Waals surface area (Å²) in [6.07, 6.45) is 2.65. The molecule has 0 fully saturated rings. The van der Waals surface area contributed by atoms with Gasteiger partial charge in [-0.25, -0.2) is 4.98 Å².